The van der Waals surface area contributed by atoms with Gasteiger partial charge < -0.3 is 4.57 Å². The average Bonchev–Trinajstić information content (AvgIpc) is 3.77. The van der Waals surface area contributed by atoms with Gasteiger partial charge in [0.1, 0.15) is 0 Å². The summed E-state index contributed by atoms with van der Waals surface area (Å²) in [6, 6.07) is 69.6. The Hall–Kier alpha value is -7.08. The number of nitrogens with zero attached hydrogens (tertiary/aromatic N) is 4. The van der Waals surface area contributed by atoms with Gasteiger partial charge >= 0.3 is 0 Å². The Labute approximate surface area is 334 Å². The van der Waals surface area contributed by atoms with Crippen molar-refractivity contribution in [2.24, 2.45) is 0 Å². The molecule has 4 nitrogen and oxygen atoms in total. The van der Waals surface area contributed by atoms with Crippen molar-refractivity contribution in [2.45, 2.75) is 15.2 Å². The summed E-state index contributed by atoms with van der Waals surface area (Å²) in [5.74, 6) is 1.93. The maximum Gasteiger partial charge on any atom is 0.164 e. The average molecular weight is 745 g/mol. The first-order chi connectivity index (χ1) is 28.3. The third-order valence-corrected chi connectivity index (χ3v) is 12.9. The second-order valence-corrected chi connectivity index (χ2v) is 15.8. The molecule has 8 aromatic carbocycles. The lowest BCUT2D eigenvalue weighted by Crippen LogP contribution is -2.31. The lowest BCUT2D eigenvalue weighted by molar-refractivity contribution is 0.722. The second-order valence-electron chi connectivity index (χ2n) is 14.7. The van der Waals surface area contributed by atoms with E-state index in [-0.39, 0.29) is 0 Å². The van der Waals surface area contributed by atoms with Crippen LogP contribution in [0.1, 0.15) is 22.3 Å². The van der Waals surface area contributed by atoms with Crippen molar-refractivity contribution >= 4 is 33.6 Å². The normalized spacial score (nSPS) is 13.3. The summed E-state index contributed by atoms with van der Waals surface area (Å²) >= 11 is 1.83. The molecular weight excluding hydrogens is 713 g/mol. The van der Waals surface area contributed by atoms with Crippen LogP contribution in [-0.2, 0) is 5.41 Å². The highest BCUT2D eigenvalue weighted by Gasteiger charge is 2.50. The highest BCUT2D eigenvalue weighted by molar-refractivity contribution is 7.99. The fourth-order valence-corrected chi connectivity index (χ4v) is 10.5. The Bertz CT molecular complexity index is 3120. The van der Waals surface area contributed by atoms with Crippen molar-refractivity contribution in [1.29, 1.82) is 0 Å². The Morgan fingerprint density at radius 1 is 0.368 bits per heavy atom. The van der Waals surface area contributed by atoms with E-state index in [1.54, 1.807) is 0 Å². The summed E-state index contributed by atoms with van der Waals surface area (Å²) in [5.41, 5.74) is 13.7. The van der Waals surface area contributed by atoms with Crippen LogP contribution < -0.4 is 0 Å². The summed E-state index contributed by atoms with van der Waals surface area (Å²) < 4.78 is 2.33. The smallest absolute Gasteiger partial charge is 0.164 e. The molecule has 0 bridgehead atoms. The summed E-state index contributed by atoms with van der Waals surface area (Å²) in [6.45, 7) is 0. The molecule has 0 saturated carbocycles. The van der Waals surface area contributed by atoms with E-state index in [1.165, 1.54) is 65.0 Å². The largest absolute Gasteiger partial charge is 0.309 e. The Morgan fingerprint density at radius 3 is 1.49 bits per heavy atom. The molecule has 0 amide bonds. The fourth-order valence-electron chi connectivity index (χ4n) is 9.31. The second kappa shape index (κ2) is 12.5. The summed E-state index contributed by atoms with van der Waals surface area (Å²) in [7, 11) is 0. The van der Waals surface area contributed by atoms with Gasteiger partial charge in [-0.3, -0.25) is 0 Å². The molecule has 1 aliphatic carbocycles. The van der Waals surface area contributed by atoms with Crippen LogP contribution in [-0.4, -0.2) is 19.5 Å². The molecule has 12 rings (SSSR count). The van der Waals surface area contributed by atoms with E-state index in [0.29, 0.717) is 17.5 Å². The Morgan fingerprint density at radius 2 is 0.842 bits per heavy atom. The number of hydrogen-bond donors (Lipinski definition) is 0. The monoisotopic (exact) mass is 744 g/mol. The molecular formula is C52H32N4S. The minimum Gasteiger partial charge on any atom is -0.309 e. The van der Waals surface area contributed by atoms with Gasteiger partial charge in [0.2, 0.25) is 0 Å². The topological polar surface area (TPSA) is 43.6 Å². The van der Waals surface area contributed by atoms with Gasteiger partial charge in [-0.2, -0.15) is 0 Å². The van der Waals surface area contributed by atoms with Gasteiger partial charge in [-0.05, 0) is 81.9 Å². The summed E-state index contributed by atoms with van der Waals surface area (Å²) in [4.78, 5) is 17.9. The van der Waals surface area contributed by atoms with Gasteiger partial charge in [-0.15, -0.1) is 0 Å². The van der Waals surface area contributed by atoms with Crippen LogP contribution in [0.15, 0.2) is 204 Å². The van der Waals surface area contributed by atoms with E-state index in [4.69, 9.17) is 15.0 Å². The van der Waals surface area contributed by atoms with E-state index >= 15 is 0 Å². The molecule has 0 atom stereocenters. The van der Waals surface area contributed by atoms with Crippen molar-refractivity contribution in [3.63, 3.8) is 0 Å². The number of hydrogen-bond acceptors (Lipinski definition) is 4. The van der Waals surface area contributed by atoms with Gasteiger partial charge in [-0.1, -0.05) is 157 Å². The van der Waals surface area contributed by atoms with Crippen LogP contribution in [0.25, 0.3) is 72.8 Å². The van der Waals surface area contributed by atoms with Gasteiger partial charge in [-0.25, -0.2) is 15.0 Å². The quantitative estimate of drug-likeness (QED) is 0.180. The Balaban J connectivity index is 1.02. The van der Waals surface area contributed by atoms with Gasteiger partial charge in [0.25, 0.3) is 0 Å². The third kappa shape index (κ3) is 4.73. The van der Waals surface area contributed by atoms with E-state index in [0.717, 1.165) is 22.4 Å². The van der Waals surface area contributed by atoms with Crippen LogP contribution in [0, 0.1) is 0 Å². The van der Waals surface area contributed by atoms with Crippen molar-refractivity contribution in [2.75, 3.05) is 0 Å². The molecule has 1 spiro atoms. The summed E-state index contributed by atoms with van der Waals surface area (Å²) in [5, 5.41) is 2.48. The summed E-state index contributed by atoms with van der Waals surface area (Å²) in [6.07, 6.45) is 0. The molecule has 0 fully saturated rings. The molecule has 266 valence electrons. The molecule has 1 aliphatic heterocycles. The van der Waals surface area contributed by atoms with Crippen LogP contribution in [0.3, 0.4) is 0 Å². The maximum absolute atomic E-state index is 5.21. The van der Waals surface area contributed by atoms with Crippen molar-refractivity contribution < 1.29 is 0 Å². The van der Waals surface area contributed by atoms with E-state index < -0.39 is 5.41 Å². The lowest BCUT2D eigenvalue weighted by Gasteiger charge is -2.39. The molecule has 0 radical (unpaired) electrons. The standard InChI is InChI=1S/C52H32N4S/c1-2-14-33(15-3-1)49-53-50(34-26-29-36(30-27-34)56-45-23-11-6-18-39(45)40-19-7-12-24-46(40)56)55-51(54-49)35-28-31-44-48(32-35)57-47-25-13-10-22-43(47)52(44)41-20-8-4-16-37(41)38-17-5-9-21-42(38)52/h1-32H. The van der Waals surface area contributed by atoms with Crippen LogP contribution in [0.5, 0.6) is 0 Å². The first kappa shape index (κ1) is 32.2. The predicted octanol–water partition coefficient (Wildman–Crippen LogP) is 12.8. The maximum atomic E-state index is 5.21. The SMILES string of the molecule is c1ccc(-c2nc(-c3ccc(-n4c5ccccc5c5ccccc54)cc3)nc(-c3ccc4c(c3)Sc3ccccc3C43c4ccccc4-c4ccccc43)n2)cc1. The zero-order valence-electron chi connectivity index (χ0n) is 30.7. The zero-order valence-corrected chi connectivity index (χ0v) is 31.5. The van der Waals surface area contributed by atoms with Gasteiger partial charge in [0.05, 0.1) is 16.4 Å². The Kier molecular flexibility index (Phi) is 7.04. The van der Waals surface area contributed by atoms with Crippen molar-refractivity contribution in [1.82, 2.24) is 19.5 Å². The predicted molar refractivity (Wildman–Crippen MR) is 232 cm³/mol. The molecule has 57 heavy (non-hydrogen) atoms. The van der Waals surface area contributed by atoms with Gasteiger partial charge in [0, 0.05) is 42.9 Å². The molecule has 0 saturated heterocycles. The lowest BCUT2D eigenvalue weighted by atomic mass is 9.67. The van der Waals surface area contributed by atoms with E-state index in [2.05, 4.69) is 180 Å². The van der Waals surface area contributed by atoms with Crippen LogP contribution >= 0.6 is 11.8 Å². The number of benzene rings is 8. The molecule has 0 unspecified atom stereocenters. The minimum atomic E-state index is -0.430. The third-order valence-electron chi connectivity index (χ3n) is 11.7. The molecule has 5 heteroatoms. The number of aromatic nitrogens is 4. The molecule has 0 N–H and O–H groups in total. The number of para-hydroxylation sites is 2. The fraction of sp³-hybridized carbons (Fsp3) is 0.0192. The first-order valence-corrected chi connectivity index (χ1v) is 20.1. The van der Waals surface area contributed by atoms with Crippen LogP contribution in [0.4, 0.5) is 0 Å². The zero-order chi connectivity index (χ0) is 37.5. The molecule has 2 aliphatic rings. The number of rotatable bonds is 4. The molecule has 10 aromatic rings. The minimum absolute atomic E-state index is 0.430. The first-order valence-electron chi connectivity index (χ1n) is 19.3. The van der Waals surface area contributed by atoms with E-state index in [9.17, 15) is 0 Å². The van der Waals surface area contributed by atoms with Crippen LogP contribution in [0.2, 0.25) is 0 Å². The van der Waals surface area contributed by atoms with Crippen molar-refractivity contribution in [3.05, 3.63) is 216 Å². The highest BCUT2D eigenvalue weighted by Crippen LogP contribution is 2.62. The molecule has 3 heterocycles. The van der Waals surface area contributed by atoms with E-state index in [1.807, 2.05) is 30.0 Å². The van der Waals surface area contributed by atoms with Gasteiger partial charge in [0.15, 0.2) is 17.5 Å². The number of fused-ring (bicyclic) bond motifs is 12. The van der Waals surface area contributed by atoms with Crippen molar-refractivity contribution in [3.8, 4) is 51.0 Å². The highest BCUT2D eigenvalue weighted by atomic mass is 32.2. The molecule has 2 aromatic heterocycles.